The highest BCUT2D eigenvalue weighted by Gasteiger charge is 2.65. The first-order valence-corrected chi connectivity index (χ1v) is 15.5. The van der Waals surface area contributed by atoms with Crippen LogP contribution in [0.25, 0.3) is 0 Å². The van der Waals surface area contributed by atoms with Crippen LogP contribution >= 0.6 is 0 Å². The zero-order valence-electron chi connectivity index (χ0n) is 26.0. The van der Waals surface area contributed by atoms with Gasteiger partial charge >= 0.3 is 11.9 Å². The van der Waals surface area contributed by atoms with Crippen LogP contribution < -0.4 is 9.47 Å². The van der Waals surface area contributed by atoms with Gasteiger partial charge in [-0.25, -0.2) is 9.59 Å². The highest BCUT2D eigenvalue weighted by atomic mass is 16.7. The van der Waals surface area contributed by atoms with Gasteiger partial charge in [0.2, 0.25) is 6.29 Å². The van der Waals surface area contributed by atoms with Gasteiger partial charge in [-0.15, -0.1) is 0 Å². The first-order valence-electron chi connectivity index (χ1n) is 15.5. The number of likely N-dealkylation sites (tertiary alicyclic amines) is 1. The molecule has 5 aliphatic rings. The summed E-state index contributed by atoms with van der Waals surface area (Å²) in [6, 6.07) is 12.5. The minimum absolute atomic E-state index is 0.0172. The molecule has 2 aromatic carbocycles. The van der Waals surface area contributed by atoms with Gasteiger partial charge in [0.1, 0.15) is 12.2 Å². The molecule has 2 fully saturated rings. The van der Waals surface area contributed by atoms with E-state index in [-0.39, 0.29) is 37.1 Å². The van der Waals surface area contributed by atoms with Crippen molar-refractivity contribution in [3.63, 3.8) is 0 Å². The van der Waals surface area contributed by atoms with E-state index in [1.807, 2.05) is 18.2 Å². The summed E-state index contributed by atoms with van der Waals surface area (Å²) in [7, 11) is 3.20. The second-order valence-corrected chi connectivity index (χ2v) is 12.3. The van der Waals surface area contributed by atoms with Crippen molar-refractivity contribution in [3.8, 4) is 11.5 Å². The minimum atomic E-state index is -1.60. The molecule has 0 aromatic heterocycles. The molecule has 2 saturated heterocycles. The molecule has 7 rings (SSSR count). The largest absolute Gasteiger partial charge is 0.482 e. The standard InChI is InChI=1S/C34H33NO13/c1-35-13-12-34-20-9-11-23(46-33-29(44-17-38)27(43-16-37)26(42-15-36)28(48-33)32(40)41-2)30(34)47-25-22(10-8-19(24(25)34)14-21(20)35)45-31(39)18-6-4-3-5-7-18/h3-11,15-17,20-21,23,26-30,33H,12-14H2,1-2H3/t20?,21-,23+,26+,27+,28+,29-,30+,33-,34+/m1/s1. The molecule has 0 saturated carbocycles. The van der Waals surface area contributed by atoms with E-state index in [4.69, 9.17) is 37.9 Å². The Hall–Kier alpha value is -4.79. The summed E-state index contributed by atoms with van der Waals surface area (Å²) in [6.45, 7) is 0.995. The molecule has 252 valence electrons. The Morgan fingerprint density at radius 1 is 0.938 bits per heavy atom. The molecule has 14 heteroatoms. The summed E-state index contributed by atoms with van der Waals surface area (Å²) >= 11 is 0. The van der Waals surface area contributed by atoms with Crippen molar-refractivity contribution in [2.24, 2.45) is 5.92 Å². The number of ether oxygens (including phenoxy) is 8. The molecule has 2 bridgehead atoms. The Morgan fingerprint density at radius 2 is 1.67 bits per heavy atom. The van der Waals surface area contributed by atoms with Crippen molar-refractivity contribution < 1.29 is 61.9 Å². The van der Waals surface area contributed by atoms with Crippen LogP contribution in [0.2, 0.25) is 0 Å². The van der Waals surface area contributed by atoms with E-state index >= 15 is 0 Å². The normalized spacial score (nSPS) is 34.1. The third-order valence-corrected chi connectivity index (χ3v) is 10.2. The second kappa shape index (κ2) is 12.7. The van der Waals surface area contributed by atoms with Gasteiger partial charge in [0, 0.05) is 22.9 Å². The fourth-order valence-electron chi connectivity index (χ4n) is 8.16. The van der Waals surface area contributed by atoms with E-state index in [1.54, 1.807) is 30.3 Å². The van der Waals surface area contributed by atoms with E-state index in [9.17, 15) is 24.0 Å². The summed E-state index contributed by atoms with van der Waals surface area (Å²) in [6.07, 6.45) is -3.72. The highest BCUT2D eigenvalue weighted by Crippen LogP contribution is 2.63. The SMILES string of the molecule is COC(=O)[C@H]1O[C@@H](O[C@H]2C=CC3[C@H]4Cc5ccc(OC(=O)c6ccccc6)c6c5[C@@]3(CCN4C)[C@H]2O6)[C@H](OC=O)[C@@H](OC=O)[C@@H]1OC=O. The lowest BCUT2D eigenvalue weighted by molar-refractivity contribution is -0.309. The van der Waals surface area contributed by atoms with Gasteiger partial charge < -0.3 is 42.8 Å². The van der Waals surface area contributed by atoms with Crippen LogP contribution in [0, 0.1) is 5.92 Å². The van der Waals surface area contributed by atoms with Crippen molar-refractivity contribution >= 4 is 31.4 Å². The monoisotopic (exact) mass is 663 g/mol. The number of rotatable bonds is 11. The van der Waals surface area contributed by atoms with Crippen LogP contribution in [0.3, 0.4) is 0 Å². The van der Waals surface area contributed by atoms with Gasteiger partial charge in [0.05, 0.1) is 12.7 Å². The van der Waals surface area contributed by atoms with Gasteiger partial charge in [0.25, 0.3) is 19.4 Å². The van der Waals surface area contributed by atoms with Gasteiger partial charge in [-0.3, -0.25) is 14.4 Å². The Bertz CT molecular complexity index is 1630. The second-order valence-electron chi connectivity index (χ2n) is 12.3. The predicted octanol–water partition coefficient (Wildman–Crippen LogP) is 1.26. The number of piperidine rings is 1. The molecular formula is C34H33NO13. The third kappa shape index (κ3) is 4.93. The van der Waals surface area contributed by atoms with Crippen molar-refractivity contribution in [3.05, 3.63) is 71.3 Å². The fraction of sp³-hybridized carbons (Fsp3) is 0.441. The van der Waals surface area contributed by atoms with E-state index in [1.165, 1.54) is 0 Å². The van der Waals surface area contributed by atoms with Gasteiger partial charge in [-0.2, -0.15) is 0 Å². The average molecular weight is 664 g/mol. The number of carbonyl (C=O) groups is 5. The van der Waals surface area contributed by atoms with Gasteiger partial charge in [0.15, 0.2) is 35.9 Å². The first kappa shape index (κ1) is 31.8. The number of carbonyl (C=O) groups excluding carboxylic acids is 5. The summed E-state index contributed by atoms with van der Waals surface area (Å²) in [5.41, 5.74) is 1.82. The first-order chi connectivity index (χ1) is 23.4. The molecule has 3 heterocycles. The summed E-state index contributed by atoms with van der Waals surface area (Å²) < 4.78 is 45.5. The lowest BCUT2D eigenvalue weighted by atomic mass is 9.53. The number of esters is 2. The molecule has 0 N–H and O–H groups in total. The van der Waals surface area contributed by atoms with Gasteiger partial charge in [-0.1, -0.05) is 36.4 Å². The molecule has 3 aliphatic heterocycles. The molecular weight excluding hydrogens is 630 g/mol. The molecule has 2 aromatic rings. The van der Waals surface area contributed by atoms with Crippen LogP contribution in [-0.4, -0.2) is 106 Å². The van der Waals surface area contributed by atoms with Crippen LogP contribution in [0.1, 0.15) is 27.9 Å². The maximum atomic E-state index is 13.2. The lowest BCUT2D eigenvalue weighted by Crippen LogP contribution is -2.67. The predicted molar refractivity (Wildman–Crippen MR) is 160 cm³/mol. The van der Waals surface area contributed by atoms with E-state index in [2.05, 4.69) is 18.0 Å². The summed E-state index contributed by atoms with van der Waals surface area (Å²) in [4.78, 5) is 62.8. The van der Waals surface area contributed by atoms with Crippen molar-refractivity contribution in [2.75, 3.05) is 20.7 Å². The maximum Gasteiger partial charge on any atom is 0.343 e. The molecule has 14 nitrogen and oxygen atoms in total. The number of benzene rings is 2. The van der Waals surface area contributed by atoms with Crippen molar-refractivity contribution in [2.45, 2.75) is 67.2 Å². The number of methoxy groups -OCH3 is 1. The number of likely N-dealkylation sites (N-methyl/N-ethyl adjacent to an activating group) is 1. The maximum absolute atomic E-state index is 13.2. The van der Waals surface area contributed by atoms with Gasteiger partial charge in [-0.05, 0) is 50.2 Å². The minimum Gasteiger partial charge on any atom is -0.482 e. The van der Waals surface area contributed by atoms with Crippen LogP contribution in [0.15, 0.2) is 54.6 Å². The highest BCUT2D eigenvalue weighted by molar-refractivity contribution is 5.91. The fourth-order valence-corrected chi connectivity index (χ4v) is 8.16. The zero-order valence-corrected chi connectivity index (χ0v) is 26.0. The van der Waals surface area contributed by atoms with Crippen molar-refractivity contribution in [1.29, 1.82) is 0 Å². The number of nitrogens with zero attached hydrogens (tertiary/aromatic N) is 1. The van der Waals surface area contributed by atoms with Crippen LogP contribution in [0.4, 0.5) is 0 Å². The quantitative estimate of drug-likeness (QED) is 0.111. The molecule has 48 heavy (non-hydrogen) atoms. The third-order valence-electron chi connectivity index (χ3n) is 10.2. The number of hydrogen-bond acceptors (Lipinski definition) is 14. The average Bonchev–Trinajstić information content (AvgIpc) is 3.46. The molecule has 2 aliphatic carbocycles. The van der Waals surface area contributed by atoms with E-state index in [0.717, 1.165) is 31.2 Å². The molecule has 1 spiro atoms. The van der Waals surface area contributed by atoms with Crippen molar-refractivity contribution in [1.82, 2.24) is 4.90 Å². The Balaban J connectivity index is 1.26. The molecule has 1 unspecified atom stereocenters. The molecule has 10 atom stereocenters. The topological polar surface area (TPSA) is 162 Å². The van der Waals surface area contributed by atoms with E-state index < -0.39 is 60.3 Å². The zero-order chi connectivity index (χ0) is 33.6. The van der Waals surface area contributed by atoms with Crippen LogP contribution in [-0.2, 0) is 59.4 Å². The number of hydrogen-bond donors (Lipinski definition) is 0. The molecule has 0 amide bonds. The Kier molecular flexibility index (Phi) is 8.39. The van der Waals surface area contributed by atoms with E-state index in [0.29, 0.717) is 17.7 Å². The Labute approximate surface area is 274 Å². The van der Waals surface area contributed by atoms with Crippen LogP contribution in [0.5, 0.6) is 11.5 Å². The molecule has 0 radical (unpaired) electrons. The lowest BCUT2D eigenvalue weighted by Gasteiger charge is -2.57. The smallest absolute Gasteiger partial charge is 0.343 e. The summed E-state index contributed by atoms with van der Waals surface area (Å²) in [5.74, 6) is -0.734. The summed E-state index contributed by atoms with van der Waals surface area (Å²) in [5, 5.41) is 0. The Morgan fingerprint density at radius 3 is 2.40 bits per heavy atom.